The van der Waals surface area contributed by atoms with Crippen LogP contribution in [0.15, 0.2) is 42.3 Å². The third-order valence-electron chi connectivity index (χ3n) is 2.50. The van der Waals surface area contributed by atoms with Crippen molar-refractivity contribution < 1.29 is 19.2 Å². The van der Waals surface area contributed by atoms with Crippen LogP contribution < -0.4 is 5.43 Å². The predicted molar refractivity (Wildman–Crippen MR) is 71.8 cm³/mol. The first-order valence-electron chi connectivity index (χ1n) is 6.03. The number of hydrazone groups is 1. The van der Waals surface area contributed by atoms with Crippen LogP contribution in [-0.2, 0) is 14.4 Å². The average molecular weight is 288 g/mol. The zero-order chi connectivity index (χ0) is 15.2. The smallest absolute Gasteiger partial charge is 0.324 e. The molecule has 1 aliphatic heterocycles. The summed E-state index contributed by atoms with van der Waals surface area (Å²) in [6.07, 6.45) is 4.07. The largest absolute Gasteiger partial charge is 0.365 e. The maximum Gasteiger partial charge on any atom is 0.365 e. The van der Waals surface area contributed by atoms with Gasteiger partial charge in [-0.3, -0.25) is 14.6 Å². The Balaban J connectivity index is 2.05. The van der Waals surface area contributed by atoms with E-state index in [0.29, 0.717) is 11.6 Å². The molecule has 21 heavy (non-hydrogen) atoms. The van der Waals surface area contributed by atoms with E-state index in [1.807, 2.05) is 0 Å². The van der Waals surface area contributed by atoms with Crippen LogP contribution in [0.1, 0.15) is 16.8 Å². The summed E-state index contributed by atoms with van der Waals surface area (Å²) in [6, 6.07) is 3.00. The Hall–Kier alpha value is -3.03. The molecule has 1 saturated heterocycles. The van der Waals surface area contributed by atoms with E-state index in [4.69, 9.17) is 4.84 Å². The summed E-state index contributed by atoms with van der Waals surface area (Å²) in [5, 5.41) is 4.16. The van der Waals surface area contributed by atoms with Crippen molar-refractivity contribution in [1.29, 1.82) is 0 Å². The molecule has 1 aliphatic rings. The highest BCUT2D eigenvalue weighted by Crippen LogP contribution is 2.12. The number of imide groups is 1. The fraction of sp³-hybridized carbons (Fsp3) is 0.154. The van der Waals surface area contributed by atoms with Crippen LogP contribution in [0.5, 0.6) is 0 Å². The lowest BCUT2D eigenvalue weighted by Crippen LogP contribution is -2.33. The number of pyridine rings is 1. The molecular formula is C13H12N4O4. The van der Waals surface area contributed by atoms with E-state index in [2.05, 4.69) is 22.1 Å². The topological polar surface area (TPSA) is 101 Å². The van der Waals surface area contributed by atoms with Gasteiger partial charge in [0, 0.05) is 12.4 Å². The van der Waals surface area contributed by atoms with Gasteiger partial charge in [0.1, 0.15) is 5.71 Å². The molecule has 1 aromatic heterocycles. The fourth-order valence-corrected chi connectivity index (χ4v) is 1.53. The number of carbonyl (C=O) groups excluding carboxylic acids is 3. The van der Waals surface area contributed by atoms with Gasteiger partial charge >= 0.3 is 11.9 Å². The van der Waals surface area contributed by atoms with Crippen LogP contribution in [0.3, 0.4) is 0 Å². The van der Waals surface area contributed by atoms with Crippen molar-refractivity contribution in [3.05, 3.63) is 42.7 Å². The van der Waals surface area contributed by atoms with Crippen molar-refractivity contribution in [2.45, 2.75) is 6.42 Å². The Labute approximate surface area is 120 Å². The monoisotopic (exact) mass is 288 g/mol. The summed E-state index contributed by atoms with van der Waals surface area (Å²) < 4.78 is 0. The number of amides is 2. The van der Waals surface area contributed by atoms with Crippen LogP contribution >= 0.6 is 0 Å². The van der Waals surface area contributed by atoms with E-state index in [1.165, 1.54) is 24.5 Å². The Morgan fingerprint density at radius 1 is 1.57 bits per heavy atom. The average Bonchev–Trinajstić information content (AvgIpc) is 2.76. The molecule has 1 N–H and O–H groups in total. The first kappa shape index (κ1) is 14.4. The van der Waals surface area contributed by atoms with Crippen LogP contribution in [-0.4, -0.2) is 40.1 Å². The molecule has 2 rings (SSSR count). The summed E-state index contributed by atoms with van der Waals surface area (Å²) in [6.45, 7) is 3.83. The molecule has 108 valence electrons. The first-order valence-corrected chi connectivity index (χ1v) is 6.03. The lowest BCUT2D eigenvalue weighted by Gasteiger charge is -2.11. The van der Waals surface area contributed by atoms with Gasteiger partial charge in [0.2, 0.25) is 0 Å². The molecule has 0 atom stereocenters. The maximum absolute atomic E-state index is 11.9. The second-order valence-corrected chi connectivity index (χ2v) is 4.00. The summed E-state index contributed by atoms with van der Waals surface area (Å²) in [7, 11) is 0. The van der Waals surface area contributed by atoms with E-state index in [9.17, 15) is 14.4 Å². The molecule has 8 heteroatoms. The number of hydrogen-bond acceptors (Lipinski definition) is 7. The number of carbonyl (C=O) groups is 3. The summed E-state index contributed by atoms with van der Waals surface area (Å²) in [5.41, 5.74) is 2.66. The van der Waals surface area contributed by atoms with Crippen molar-refractivity contribution in [2.75, 3.05) is 6.54 Å². The standard InChI is InChI=1S/C13H12N4O4/c1-2-5-15-16-10-7-11(18)17(12(10)19)21-13(20)9-4-3-6-14-8-9/h2-4,6,8,15H,1,5,7H2. The predicted octanol–water partition coefficient (Wildman–Crippen LogP) is 0.0439. The molecule has 0 aliphatic carbocycles. The number of rotatable bonds is 5. The quantitative estimate of drug-likeness (QED) is 0.355. The Morgan fingerprint density at radius 3 is 3.05 bits per heavy atom. The Kier molecular flexibility index (Phi) is 4.39. The lowest BCUT2D eigenvalue weighted by atomic mass is 10.3. The van der Waals surface area contributed by atoms with Gasteiger partial charge in [-0.15, -0.1) is 6.58 Å². The molecular weight excluding hydrogens is 276 g/mol. The van der Waals surface area contributed by atoms with E-state index < -0.39 is 17.8 Å². The van der Waals surface area contributed by atoms with Crippen molar-refractivity contribution in [2.24, 2.45) is 5.10 Å². The Morgan fingerprint density at radius 2 is 2.38 bits per heavy atom. The van der Waals surface area contributed by atoms with Crippen LogP contribution in [0, 0.1) is 0 Å². The zero-order valence-corrected chi connectivity index (χ0v) is 11.0. The molecule has 0 unspecified atom stereocenters. The highest BCUT2D eigenvalue weighted by molar-refractivity contribution is 6.48. The first-order chi connectivity index (χ1) is 10.1. The minimum atomic E-state index is -0.842. The van der Waals surface area contributed by atoms with Crippen LogP contribution in [0.4, 0.5) is 0 Å². The van der Waals surface area contributed by atoms with E-state index in [1.54, 1.807) is 6.08 Å². The van der Waals surface area contributed by atoms with Crippen molar-refractivity contribution in [1.82, 2.24) is 15.5 Å². The minimum Gasteiger partial charge on any atom is -0.324 e. The number of hydrogen-bond donors (Lipinski definition) is 1. The SMILES string of the molecule is C=CCNN=C1CC(=O)N(OC(=O)c2cccnc2)C1=O. The molecule has 1 fully saturated rings. The highest BCUT2D eigenvalue weighted by atomic mass is 16.7. The van der Waals surface area contributed by atoms with Gasteiger partial charge in [0.05, 0.1) is 18.5 Å². The second-order valence-electron chi connectivity index (χ2n) is 4.00. The number of aromatic nitrogens is 1. The number of nitrogens with zero attached hydrogens (tertiary/aromatic N) is 3. The van der Waals surface area contributed by atoms with Crippen molar-refractivity contribution >= 4 is 23.5 Å². The molecule has 8 nitrogen and oxygen atoms in total. The van der Waals surface area contributed by atoms with Gasteiger partial charge in [-0.05, 0) is 12.1 Å². The summed E-state index contributed by atoms with van der Waals surface area (Å²) >= 11 is 0. The maximum atomic E-state index is 11.9. The van der Waals surface area contributed by atoms with Crippen LogP contribution in [0.25, 0.3) is 0 Å². The lowest BCUT2D eigenvalue weighted by molar-refractivity contribution is -0.171. The molecule has 0 spiro atoms. The third kappa shape index (κ3) is 3.30. The zero-order valence-electron chi connectivity index (χ0n) is 11.0. The second kappa shape index (κ2) is 6.42. The molecule has 1 aromatic rings. The molecule has 2 amide bonds. The van der Waals surface area contributed by atoms with Gasteiger partial charge in [-0.1, -0.05) is 11.1 Å². The van der Waals surface area contributed by atoms with Gasteiger partial charge < -0.3 is 10.3 Å². The molecule has 0 radical (unpaired) electrons. The van der Waals surface area contributed by atoms with Gasteiger partial charge in [-0.25, -0.2) is 4.79 Å². The number of hydroxylamine groups is 2. The minimum absolute atomic E-state index is 0.0270. The Bertz CT molecular complexity index is 612. The van der Waals surface area contributed by atoms with E-state index in [-0.39, 0.29) is 17.7 Å². The molecule has 2 heterocycles. The van der Waals surface area contributed by atoms with Crippen molar-refractivity contribution in [3.63, 3.8) is 0 Å². The van der Waals surface area contributed by atoms with E-state index >= 15 is 0 Å². The van der Waals surface area contributed by atoms with Gasteiger partial charge in [0.15, 0.2) is 0 Å². The number of nitrogens with one attached hydrogen (secondary N) is 1. The third-order valence-corrected chi connectivity index (χ3v) is 2.50. The molecule has 0 aromatic carbocycles. The van der Waals surface area contributed by atoms with E-state index in [0.717, 1.165) is 0 Å². The van der Waals surface area contributed by atoms with Gasteiger partial charge in [0.25, 0.3) is 5.91 Å². The highest BCUT2D eigenvalue weighted by Gasteiger charge is 2.39. The van der Waals surface area contributed by atoms with Crippen LogP contribution in [0.2, 0.25) is 0 Å². The molecule has 0 bridgehead atoms. The summed E-state index contributed by atoms with van der Waals surface area (Å²) in [4.78, 5) is 43.9. The summed E-state index contributed by atoms with van der Waals surface area (Å²) in [5.74, 6) is -2.27. The van der Waals surface area contributed by atoms with Crippen molar-refractivity contribution in [3.8, 4) is 0 Å². The fourth-order valence-electron chi connectivity index (χ4n) is 1.53. The molecule has 0 saturated carbocycles. The normalized spacial score (nSPS) is 16.2. The van der Waals surface area contributed by atoms with Gasteiger partial charge in [-0.2, -0.15) is 5.10 Å².